The Kier molecular flexibility index (Phi) is 5.37. The molecule has 22 heavy (non-hydrogen) atoms. The van der Waals surface area contributed by atoms with Crippen LogP contribution in [0, 0.1) is 10.1 Å². The molecular formula is C16H15N3O3. The summed E-state index contributed by atoms with van der Waals surface area (Å²) in [6.45, 7) is 0. The molecule has 112 valence electrons. The Balaban J connectivity index is 1.79. The van der Waals surface area contributed by atoms with Crippen molar-refractivity contribution >= 4 is 17.8 Å². The molecule has 6 nitrogen and oxygen atoms in total. The molecule has 0 saturated heterocycles. The molecule has 1 amide bonds. The van der Waals surface area contributed by atoms with Crippen LogP contribution in [-0.4, -0.2) is 17.0 Å². The summed E-state index contributed by atoms with van der Waals surface area (Å²) in [5, 5.41) is 14.4. The van der Waals surface area contributed by atoms with Crippen molar-refractivity contribution in [3.8, 4) is 0 Å². The van der Waals surface area contributed by atoms with Gasteiger partial charge in [0, 0.05) is 18.6 Å². The van der Waals surface area contributed by atoms with E-state index < -0.39 is 4.92 Å². The highest BCUT2D eigenvalue weighted by Gasteiger charge is 2.03. The van der Waals surface area contributed by atoms with Crippen molar-refractivity contribution in [1.29, 1.82) is 0 Å². The van der Waals surface area contributed by atoms with E-state index in [-0.39, 0.29) is 11.6 Å². The maximum absolute atomic E-state index is 11.6. The first-order chi connectivity index (χ1) is 10.6. The van der Waals surface area contributed by atoms with Crippen LogP contribution in [-0.2, 0) is 11.2 Å². The second-order valence-corrected chi connectivity index (χ2v) is 4.63. The van der Waals surface area contributed by atoms with E-state index in [0.717, 1.165) is 5.56 Å². The number of carbonyl (C=O) groups is 1. The number of nitrogens with zero attached hydrogens (tertiary/aromatic N) is 2. The number of hydrazone groups is 1. The van der Waals surface area contributed by atoms with E-state index in [0.29, 0.717) is 18.4 Å². The molecule has 0 aliphatic rings. The Morgan fingerprint density at radius 2 is 1.82 bits per heavy atom. The lowest BCUT2D eigenvalue weighted by Crippen LogP contribution is -2.17. The molecule has 2 aromatic rings. The van der Waals surface area contributed by atoms with Crippen LogP contribution in [0.3, 0.4) is 0 Å². The zero-order valence-electron chi connectivity index (χ0n) is 11.8. The summed E-state index contributed by atoms with van der Waals surface area (Å²) in [5.41, 5.74) is 4.22. The maximum atomic E-state index is 11.6. The van der Waals surface area contributed by atoms with Gasteiger partial charge in [-0.05, 0) is 29.7 Å². The fraction of sp³-hybridized carbons (Fsp3) is 0.125. The van der Waals surface area contributed by atoms with Gasteiger partial charge in [0.1, 0.15) is 0 Å². The average molecular weight is 297 g/mol. The van der Waals surface area contributed by atoms with Crippen molar-refractivity contribution in [2.24, 2.45) is 5.10 Å². The number of aryl methyl sites for hydroxylation is 1. The van der Waals surface area contributed by atoms with E-state index in [1.165, 1.54) is 18.3 Å². The molecule has 0 fully saturated rings. The van der Waals surface area contributed by atoms with Crippen LogP contribution < -0.4 is 5.43 Å². The first-order valence-corrected chi connectivity index (χ1v) is 6.75. The molecule has 1 N–H and O–H groups in total. The minimum atomic E-state index is -0.466. The number of hydrogen-bond acceptors (Lipinski definition) is 4. The molecule has 0 aromatic heterocycles. The summed E-state index contributed by atoms with van der Waals surface area (Å²) in [5.74, 6) is -0.179. The highest BCUT2D eigenvalue weighted by atomic mass is 16.6. The third kappa shape index (κ3) is 4.82. The Morgan fingerprint density at radius 1 is 1.14 bits per heavy atom. The lowest BCUT2D eigenvalue weighted by molar-refractivity contribution is -0.384. The number of non-ortho nitro benzene ring substituents is 1. The monoisotopic (exact) mass is 297 g/mol. The van der Waals surface area contributed by atoms with Gasteiger partial charge in [-0.15, -0.1) is 0 Å². The quantitative estimate of drug-likeness (QED) is 0.505. The largest absolute Gasteiger partial charge is 0.273 e. The van der Waals surface area contributed by atoms with E-state index >= 15 is 0 Å². The first kappa shape index (κ1) is 15.4. The van der Waals surface area contributed by atoms with E-state index in [2.05, 4.69) is 10.5 Å². The molecule has 0 heterocycles. The smallest absolute Gasteiger partial charge is 0.269 e. The van der Waals surface area contributed by atoms with Gasteiger partial charge >= 0.3 is 0 Å². The highest BCUT2D eigenvalue weighted by Crippen LogP contribution is 2.10. The Hall–Kier alpha value is -3.02. The van der Waals surface area contributed by atoms with Crippen LogP contribution in [0.4, 0.5) is 5.69 Å². The maximum Gasteiger partial charge on any atom is 0.269 e. The minimum absolute atomic E-state index is 0.0176. The Morgan fingerprint density at radius 3 is 2.45 bits per heavy atom. The number of nitro groups is 1. The van der Waals surface area contributed by atoms with Crippen LogP contribution in [0.15, 0.2) is 59.7 Å². The van der Waals surface area contributed by atoms with E-state index in [9.17, 15) is 14.9 Å². The van der Waals surface area contributed by atoms with Crippen LogP contribution in [0.25, 0.3) is 0 Å². The van der Waals surface area contributed by atoms with Gasteiger partial charge in [-0.25, -0.2) is 5.43 Å². The van der Waals surface area contributed by atoms with Gasteiger partial charge in [0.05, 0.1) is 11.1 Å². The average Bonchev–Trinajstić information content (AvgIpc) is 2.54. The Bertz CT molecular complexity index is 667. The zero-order chi connectivity index (χ0) is 15.8. The molecule has 2 aromatic carbocycles. The van der Waals surface area contributed by atoms with Crippen LogP contribution >= 0.6 is 0 Å². The molecule has 0 atom stereocenters. The molecule has 0 bridgehead atoms. The number of rotatable bonds is 6. The molecule has 0 radical (unpaired) electrons. The number of carbonyl (C=O) groups excluding carboxylic acids is 1. The van der Waals surface area contributed by atoms with Crippen molar-refractivity contribution in [3.63, 3.8) is 0 Å². The van der Waals surface area contributed by atoms with Crippen LogP contribution in [0.5, 0.6) is 0 Å². The third-order valence-electron chi connectivity index (χ3n) is 2.99. The molecular weight excluding hydrogens is 282 g/mol. The van der Waals surface area contributed by atoms with Gasteiger partial charge in [0.15, 0.2) is 0 Å². The van der Waals surface area contributed by atoms with Gasteiger partial charge in [-0.1, -0.05) is 30.3 Å². The standard InChI is InChI=1S/C16H15N3O3/c20-16(11-8-13-4-2-1-3-5-13)18-17-12-14-6-9-15(10-7-14)19(21)22/h1-7,9-10,12H,8,11H2,(H,18,20)/b17-12+. The van der Waals surface area contributed by atoms with Gasteiger partial charge < -0.3 is 0 Å². The molecule has 6 heteroatoms. The number of nitro benzene ring substituents is 1. The van der Waals surface area contributed by atoms with Gasteiger partial charge in [0.2, 0.25) is 5.91 Å². The SMILES string of the molecule is O=C(CCc1ccccc1)N/N=C/c1ccc([N+](=O)[O-])cc1. The Labute approximate surface area is 127 Å². The number of amides is 1. The highest BCUT2D eigenvalue weighted by molar-refractivity contribution is 5.82. The summed E-state index contributed by atoms with van der Waals surface area (Å²) in [7, 11) is 0. The third-order valence-corrected chi connectivity index (χ3v) is 2.99. The van der Waals surface area contributed by atoms with Crippen molar-refractivity contribution in [3.05, 3.63) is 75.8 Å². The first-order valence-electron chi connectivity index (χ1n) is 6.75. The predicted molar refractivity (Wildman–Crippen MR) is 83.6 cm³/mol. The number of hydrogen-bond donors (Lipinski definition) is 1. The lowest BCUT2D eigenvalue weighted by Gasteiger charge is -2.00. The topological polar surface area (TPSA) is 84.6 Å². The summed E-state index contributed by atoms with van der Waals surface area (Å²) in [4.78, 5) is 21.7. The van der Waals surface area contributed by atoms with E-state index in [4.69, 9.17) is 0 Å². The fourth-order valence-electron chi connectivity index (χ4n) is 1.82. The van der Waals surface area contributed by atoms with Crippen LogP contribution in [0.1, 0.15) is 17.5 Å². The summed E-state index contributed by atoms with van der Waals surface area (Å²) < 4.78 is 0. The summed E-state index contributed by atoms with van der Waals surface area (Å²) >= 11 is 0. The minimum Gasteiger partial charge on any atom is -0.273 e. The molecule has 0 aliphatic heterocycles. The second-order valence-electron chi connectivity index (χ2n) is 4.63. The van der Waals surface area contributed by atoms with E-state index in [1.54, 1.807) is 12.1 Å². The number of nitrogens with one attached hydrogen (secondary N) is 1. The summed E-state index contributed by atoms with van der Waals surface area (Å²) in [6.07, 6.45) is 2.45. The fourth-order valence-corrected chi connectivity index (χ4v) is 1.82. The molecule has 0 saturated carbocycles. The van der Waals surface area contributed by atoms with Crippen molar-refractivity contribution in [2.75, 3.05) is 0 Å². The van der Waals surface area contributed by atoms with Crippen molar-refractivity contribution < 1.29 is 9.72 Å². The summed E-state index contributed by atoms with van der Waals surface area (Å²) in [6, 6.07) is 15.6. The molecule has 0 aliphatic carbocycles. The normalized spacial score (nSPS) is 10.5. The lowest BCUT2D eigenvalue weighted by atomic mass is 10.1. The van der Waals surface area contributed by atoms with Gasteiger partial charge in [-0.3, -0.25) is 14.9 Å². The second kappa shape index (κ2) is 7.68. The number of benzene rings is 2. The molecule has 2 rings (SSSR count). The molecule has 0 spiro atoms. The van der Waals surface area contributed by atoms with Crippen molar-refractivity contribution in [1.82, 2.24) is 5.43 Å². The van der Waals surface area contributed by atoms with Crippen molar-refractivity contribution in [2.45, 2.75) is 12.8 Å². The predicted octanol–water partition coefficient (Wildman–Crippen LogP) is 2.68. The molecule has 0 unspecified atom stereocenters. The van der Waals surface area contributed by atoms with Gasteiger partial charge in [0.25, 0.3) is 5.69 Å². The van der Waals surface area contributed by atoms with Gasteiger partial charge in [-0.2, -0.15) is 5.10 Å². The van der Waals surface area contributed by atoms with Crippen LogP contribution in [0.2, 0.25) is 0 Å². The zero-order valence-corrected chi connectivity index (χ0v) is 11.8. The van der Waals surface area contributed by atoms with E-state index in [1.807, 2.05) is 30.3 Å².